The minimum atomic E-state index is 0.106. The zero-order valence-electron chi connectivity index (χ0n) is 16.6. The first kappa shape index (κ1) is 22.0. The van der Waals surface area contributed by atoms with Gasteiger partial charge in [-0.1, -0.05) is 45.9 Å². The zero-order valence-corrected chi connectivity index (χ0v) is 19.9. The first-order chi connectivity index (χ1) is 14.7. The fourth-order valence-electron chi connectivity index (χ4n) is 3.40. The molecule has 2 amide bonds. The summed E-state index contributed by atoms with van der Waals surface area (Å²) in [5.41, 5.74) is 1.50. The van der Waals surface area contributed by atoms with E-state index >= 15 is 0 Å². The summed E-state index contributed by atoms with van der Waals surface area (Å²) >= 11 is 3.80. The van der Waals surface area contributed by atoms with Gasteiger partial charge in [0.1, 0.15) is 0 Å². The van der Waals surface area contributed by atoms with Crippen molar-refractivity contribution < 1.29 is 9.59 Å². The number of carbonyl (C=O) groups excluding carboxylic acids is 2. The van der Waals surface area contributed by atoms with E-state index in [-0.39, 0.29) is 11.8 Å². The van der Waals surface area contributed by atoms with Crippen LogP contribution in [0.4, 0.5) is 0 Å². The lowest BCUT2D eigenvalue weighted by molar-refractivity contribution is 0.0761. The molecule has 0 radical (unpaired) electrons. The summed E-state index contributed by atoms with van der Waals surface area (Å²) in [4.78, 5) is 31.9. The van der Waals surface area contributed by atoms with Crippen LogP contribution in [-0.2, 0) is 0 Å². The molecular formula is C22H24N2O2S4. The summed E-state index contributed by atoms with van der Waals surface area (Å²) in [6.07, 6.45) is 0. The molecule has 0 bridgehead atoms. The van der Waals surface area contributed by atoms with Crippen LogP contribution in [0.2, 0.25) is 0 Å². The Morgan fingerprint density at radius 2 is 1.00 bits per heavy atom. The highest BCUT2D eigenvalue weighted by atomic mass is 33.1. The van der Waals surface area contributed by atoms with Crippen molar-refractivity contribution in [3.05, 3.63) is 59.7 Å². The molecule has 30 heavy (non-hydrogen) atoms. The number of benzene rings is 2. The predicted octanol–water partition coefficient (Wildman–Crippen LogP) is 4.86. The fourth-order valence-corrected chi connectivity index (χ4v) is 7.55. The summed E-state index contributed by atoms with van der Waals surface area (Å²) in [5, 5.41) is 0. The Bertz CT molecular complexity index is 823. The van der Waals surface area contributed by atoms with Crippen LogP contribution < -0.4 is 0 Å². The van der Waals surface area contributed by atoms with Gasteiger partial charge in [-0.15, -0.1) is 0 Å². The first-order valence-corrected chi connectivity index (χ1v) is 14.5. The van der Waals surface area contributed by atoms with Crippen LogP contribution in [0.3, 0.4) is 0 Å². The summed E-state index contributed by atoms with van der Waals surface area (Å²) in [7, 11) is 3.12. The van der Waals surface area contributed by atoms with Crippen molar-refractivity contribution in [1.82, 2.24) is 9.80 Å². The topological polar surface area (TPSA) is 40.6 Å². The fraction of sp³-hybridized carbons (Fsp3) is 0.364. The van der Waals surface area contributed by atoms with E-state index in [9.17, 15) is 9.59 Å². The molecule has 2 aliphatic rings. The van der Waals surface area contributed by atoms with Crippen LogP contribution >= 0.6 is 45.1 Å². The van der Waals surface area contributed by atoms with Gasteiger partial charge in [0.2, 0.25) is 0 Å². The maximum absolute atomic E-state index is 13.0. The minimum absolute atomic E-state index is 0.106. The van der Waals surface area contributed by atoms with E-state index in [2.05, 4.69) is 0 Å². The number of rotatable bonds is 5. The standard InChI is InChI=1S/C22H24N2O2S4/c25-21(23-9-13-27-14-10-23)17-5-1-3-7-19(17)29-30-20-8-4-2-6-18(20)22(26)24-11-15-28-16-12-24/h1-8H,9-16H2. The maximum atomic E-state index is 13.0. The largest absolute Gasteiger partial charge is 0.337 e. The Morgan fingerprint density at radius 1 is 0.633 bits per heavy atom. The lowest BCUT2D eigenvalue weighted by Gasteiger charge is -2.27. The highest BCUT2D eigenvalue weighted by Crippen LogP contribution is 2.41. The molecule has 2 aromatic rings. The Kier molecular flexibility index (Phi) is 7.98. The lowest BCUT2D eigenvalue weighted by atomic mass is 10.2. The Labute approximate surface area is 194 Å². The van der Waals surface area contributed by atoms with Crippen molar-refractivity contribution in [2.24, 2.45) is 0 Å². The SMILES string of the molecule is O=C(c1ccccc1SSc1ccccc1C(=O)N1CCSCC1)N1CCSCC1. The molecule has 0 unspecified atom stereocenters. The van der Waals surface area contributed by atoms with Gasteiger partial charge in [0.15, 0.2) is 0 Å². The van der Waals surface area contributed by atoms with Crippen molar-refractivity contribution >= 4 is 56.9 Å². The third kappa shape index (κ3) is 5.33. The van der Waals surface area contributed by atoms with Crippen LogP contribution in [0.1, 0.15) is 20.7 Å². The summed E-state index contributed by atoms with van der Waals surface area (Å²) in [6, 6.07) is 15.6. The quantitative estimate of drug-likeness (QED) is 0.574. The Balaban J connectivity index is 1.49. The Morgan fingerprint density at radius 3 is 1.40 bits per heavy atom. The zero-order chi connectivity index (χ0) is 20.8. The number of amides is 2. The third-order valence-corrected chi connectivity index (χ3v) is 9.42. The van der Waals surface area contributed by atoms with Crippen molar-refractivity contribution in [3.8, 4) is 0 Å². The van der Waals surface area contributed by atoms with E-state index < -0.39 is 0 Å². The van der Waals surface area contributed by atoms with E-state index in [1.807, 2.05) is 81.9 Å². The molecule has 2 fully saturated rings. The summed E-state index contributed by atoms with van der Waals surface area (Å²) in [5.74, 6) is 4.21. The van der Waals surface area contributed by atoms with Gasteiger partial charge >= 0.3 is 0 Å². The molecule has 0 saturated carbocycles. The number of carbonyl (C=O) groups is 2. The molecule has 0 atom stereocenters. The molecule has 2 aliphatic heterocycles. The third-order valence-electron chi connectivity index (χ3n) is 5.05. The molecule has 8 heteroatoms. The van der Waals surface area contributed by atoms with E-state index in [1.54, 1.807) is 21.6 Å². The van der Waals surface area contributed by atoms with Crippen LogP contribution in [0.15, 0.2) is 58.3 Å². The predicted molar refractivity (Wildman–Crippen MR) is 131 cm³/mol. The number of hydrogen-bond acceptors (Lipinski definition) is 6. The van der Waals surface area contributed by atoms with E-state index in [1.165, 1.54) is 0 Å². The monoisotopic (exact) mass is 476 g/mol. The van der Waals surface area contributed by atoms with Gasteiger partial charge in [-0.25, -0.2) is 0 Å². The minimum Gasteiger partial charge on any atom is -0.337 e. The van der Waals surface area contributed by atoms with E-state index in [4.69, 9.17) is 0 Å². The van der Waals surface area contributed by atoms with Gasteiger partial charge in [-0.2, -0.15) is 23.5 Å². The molecular weight excluding hydrogens is 453 g/mol. The molecule has 0 N–H and O–H groups in total. The second-order valence-electron chi connectivity index (χ2n) is 6.97. The average Bonchev–Trinajstić information content (AvgIpc) is 2.83. The molecule has 4 rings (SSSR count). The van der Waals surface area contributed by atoms with Crippen LogP contribution in [0, 0.1) is 0 Å². The normalized spacial score (nSPS) is 17.1. The molecule has 4 nitrogen and oxygen atoms in total. The smallest absolute Gasteiger partial charge is 0.255 e. The van der Waals surface area contributed by atoms with Gasteiger partial charge in [0.05, 0.1) is 11.1 Å². The second kappa shape index (κ2) is 10.9. The summed E-state index contributed by atoms with van der Waals surface area (Å²) < 4.78 is 0. The van der Waals surface area contributed by atoms with Gasteiger partial charge in [0.25, 0.3) is 11.8 Å². The highest BCUT2D eigenvalue weighted by Gasteiger charge is 2.23. The molecule has 158 valence electrons. The molecule has 0 spiro atoms. The van der Waals surface area contributed by atoms with Crippen molar-refractivity contribution in [3.63, 3.8) is 0 Å². The maximum Gasteiger partial charge on any atom is 0.255 e. The lowest BCUT2D eigenvalue weighted by Crippen LogP contribution is -2.38. The van der Waals surface area contributed by atoms with E-state index in [0.717, 1.165) is 70.1 Å². The number of nitrogens with zero attached hydrogens (tertiary/aromatic N) is 2. The molecule has 2 saturated heterocycles. The highest BCUT2D eigenvalue weighted by molar-refractivity contribution is 8.76. The van der Waals surface area contributed by atoms with Gasteiger partial charge in [-0.05, 0) is 24.3 Å². The molecule has 0 aromatic heterocycles. The Hall–Kier alpha value is -1.22. The molecule has 0 aliphatic carbocycles. The second-order valence-corrected chi connectivity index (χ2v) is 11.6. The average molecular weight is 477 g/mol. The number of thioether (sulfide) groups is 2. The van der Waals surface area contributed by atoms with Crippen LogP contribution in [-0.4, -0.2) is 70.8 Å². The molecule has 2 aromatic carbocycles. The number of hydrogen-bond donors (Lipinski definition) is 0. The van der Waals surface area contributed by atoms with Crippen molar-refractivity contribution in [1.29, 1.82) is 0 Å². The van der Waals surface area contributed by atoms with Crippen molar-refractivity contribution in [2.45, 2.75) is 9.79 Å². The van der Waals surface area contributed by atoms with Gasteiger partial charge in [0, 0.05) is 59.0 Å². The van der Waals surface area contributed by atoms with Gasteiger partial charge in [-0.3, -0.25) is 9.59 Å². The van der Waals surface area contributed by atoms with Crippen LogP contribution in [0.5, 0.6) is 0 Å². The molecule has 2 heterocycles. The summed E-state index contributed by atoms with van der Waals surface area (Å²) in [6.45, 7) is 3.23. The first-order valence-electron chi connectivity index (χ1n) is 10.0. The van der Waals surface area contributed by atoms with E-state index in [0.29, 0.717) is 0 Å². The van der Waals surface area contributed by atoms with Crippen LogP contribution in [0.25, 0.3) is 0 Å². The van der Waals surface area contributed by atoms with Crippen molar-refractivity contribution in [2.75, 3.05) is 49.2 Å². The van der Waals surface area contributed by atoms with Gasteiger partial charge < -0.3 is 9.80 Å².